The summed E-state index contributed by atoms with van der Waals surface area (Å²) in [6.07, 6.45) is 0.866. The van der Waals surface area contributed by atoms with Crippen molar-refractivity contribution in [1.82, 2.24) is 15.3 Å². The Labute approximate surface area is 98.3 Å². The molecule has 2 heterocycles. The summed E-state index contributed by atoms with van der Waals surface area (Å²) in [7, 11) is 0. The third-order valence-electron chi connectivity index (χ3n) is 2.94. The molecular formula is C12H13FN4. The van der Waals surface area contributed by atoms with Crippen LogP contribution in [0, 0.1) is 0 Å². The Bertz CT molecular complexity index is 531. The quantitative estimate of drug-likeness (QED) is 0.820. The van der Waals surface area contributed by atoms with Crippen molar-refractivity contribution in [1.29, 1.82) is 0 Å². The molecular weight excluding hydrogens is 219 g/mol. The van der Waals surface area contributed by atoms with Crippen LogP contribution in [0.1, 0.15) is 0 Å². The van der Waals surface area contributed by atoms with Crippen molar-refractivity contribution in [2.45, 2.75) is 12.2 Å². The van der Waals surface area contributed by atoms with Crippen molar-refractivity contribution in [2.75, 3.05) is 18.4 Å². The van der Waals surface area contributed by atoms with Gasteiger partial charge in [0, 0.05) is 24.7 Å². The Morgan fingerprint density at radius 3 is 3.00 bits per heavy atom. The molecule has 1 aliphatic heterocycles. The van der Waals surface area contributed by atoms with E-state index in [1.807, 2.05) is 24.3 Å². The van der Waals surface area contributed by atoms with E-state index in [0.717, 1.165) is 10.9 Å². The second-order valence-corrected chi connectivity index (χ2v) is 4.18. The number of rotatable bonds is 2. The zero-order valence-corrected chi connectivity index (χ0v) is 9.23. The number of para-hydroxylation sites is 1. The molecule has 88 valence electrons. The van der Waals surface area contributed by atoms with E-state index in [1.54, 1.807) is 6.20 Å². The number of hydrogen-bond acceptors (Lipinski definition) is 4. The summed E-state index contributed by atoms with van der Waals surface area (Å²) in [5.41, 5.74) is 0.867. The first-order valence-electron chi connectivity index (χ1n) is 5.66. The van der Waals surface area contributed by atoms with Crippen molar-refractivity contribution >= 4 is 16.9 Å². The third-order valence-corrected chi connectivity index (χ3v) is 2.94. The van der Waals surface area contributed by atoms with Crippen LogP contribution in [0.25, 0.3) is 10.9 Å². The van der Waals surface area contributed by atoms with Crippen LogP contribution in [0.5, 0.6) is 0 Å². The molecule has 0 spiro atoms. The van der Waals surface area contributed by atoms with Crippen molar-refractivity contribution < 1.29 is 4.39 Å². The minimum Gasteiger partial charge on any atom is -0.347 e. The average Bonchev–Trinajstić information content (AvgIpc) is 2.75. The fourth-order valence-corrected chi connectivity index (χ4v) is 2.00. The highest BCUT2D eigenvalue weighted by atomic mass is 19.1. The number of alkyl halides is 1. The maximum absolute atomic E-state index is 13.4. The van der Waals surface area contributed by atoms with E-state index >= 15 is 0 Å². The monoisotopic (exact) mass is 232 g/mol. The number of nitrogens with zero attached hydrogens (tertiary/aromatic N) is 2. The molecule has 1 aromatic carbocycles. The number of aromatic nitrogens is 2. The van der Waals surface area contributed by atoms with E-state index in [-0.39, 0.29) is 6.04 Å². The Morgan fingerprint density at radius 1 is 1.29 bits per heavy atom. The van der Waals surface area contributed by atoms with Crippen LogP contribution in [-0.4, -0.2) is 35.3 Å². The topological polar surface area (TPSA) is 49.8 Å². The number of fused-ring (bicyclic) bond motifs is 1. The molecule has 2 unspecified atom stereocenters. The number of benzene rings is 1. The van der Waals surface area contributed by atoms with Crippen LogP contribution in [0.3, 0.4) is 0 Å². The highest BCUT2D eigenvalue weighted by Crippen LogP contribution is 2.14. The largest absolute Gasteiger partial charge is 0.347 e. The van der Waals surface area contributed by atoms with Gasteiger partial charge in [0.25, 0.3) is 0 Å². The van der Waals surface area contributed by atoms with Crippen molar-refractivity contribution in [3.63, 3.8) is 0 Å². The predicted molar refractivity (Wildman–Crippen MR) is 64.7 cm³/mol. The lowest BCUT2D eigenvalue weighted by Crippen LogP contribution is -2.30. The summed E-state index contributed by atoms with van der Waals surface area (Å²) < 4.78 is 13.4. The van der Waals surface area contributed by atoms with E-state index in [2.05, 4.69) is 20.6 Å². The summed E-state index contributed by atoms with van der Waals surface area (Å²) >= 11 is 0. The van der Waals surface area contributed by atoms with Gasteiger partial charge in [-0.25, -0.2) is 14.4 Å². The lowest BCUT2D eigenvalue weighted by Gasteiger charge is -2.13. The Hall–Kier alpha value is -1.75. The third kappa shape index (κ3) is 2.06. The van der Waals surface area contributed by atoms with Crippen LogP contribution in [0.4, 0.5) is 10.3 Å². The van der Waals surface area contributed by atoms with Gasteiger partial charge in [-0.2, -0.15) is 0 Å². The van der Waals surface area contributed by atoms with E-state index in [0.29, 0.717) is 19.0 Å². The minimum atomic E-state index is -0.884. The molecule has 1 fully saturated rings. The SMILES string of the molecule is FC1CNCC1Nc1ncc2ccccc2n1. The highest BCUT2D eigenvalue weighted by molar-refractivity contribution is 5.78. The van der Waals surface area contributed by atoms with E-state index in [4.69, 9.17) is 0 Å². The van der Waals surface area contributed by atoms with Gasteiger partial charge >= 0.3 is 0 Å². The zero-order chi connectivity index (χ0) is 11.7. The normalized spacial score (nSPS) is 24.1. The van der Waals surface area contributed by atoms with Crippen molar-refractivity contribution in [2.24, 2.45) is 0 Å². The van der Waals surface area contributed by atoms with Gasteiger partial charge in [0.1, 0.15) is 6.17 Å². The van der Waals surface area contributed by atoms with Gasteiger partial charge in [-0.1, -0.05) is 18.2 Å². The van der Waals surface area contributed by atoms with Gasteiger partial charge in [0.15, 0.2) is 0 Å². The molecule has 0 aliphatic carbocycles. The number of anilines is 1. The lowest BCUT2D eigenvalue weighted by molar-refractivity contribution is 0.342. The second kappa shape index (κ2) is 4.25. The molecule has 17 heavy (non-hydrogen) atoms. The molecule has 0 radical (unpaired) electrons. The maximum Gasteiger partial charge on any atom is 0.223 e. The molecule has 1 aliphatic rings. The van der Waals surface area contributed by atoms with Gasteiger partial charge in [0.2, 0.25) is 5.95 Å². The average molecular weight is 232 g/mol. The standard InChI is InChI=1S/C12H13FN4/c13-9-6-14-7-11(9)17-12-15-5-8-3-1-2-4-10(8)16-12/h1-5,9,11,14H,6-7H2,(H,15,16,17). The summed E-state index contributed by atoms with van der Waals surface area (Å²) in [4.78, 5) is 8.54. The summed E-state index contributed by atoms with van der Waals surface area (Å²) in [5.74, 6) is 0.486. The molecule has 2 atom stereocenters. The van der Waals surface area contributed by atoms with Crippen molar-refractivity contribution in [3.05, 3.63) is 30.5 Å². The smallest absolute Gasteiger partial charge is 0.223 e. The fraction of sp³-hybridized carbons (Fsp3) is 0.333. The summed E-state index contributed by atoms with van der Waals surface area (Å²) in [6.45, 7) is 1.00. The van der Waals surface area contributed by atoms with Crippen molar-refractivity contribution in [3.8, 4) is 0 Å². The van der Waals surface area contributed by atoms with Crippen LogP contribution in [0.15, 0.2) is 30.5 Å². The van der Waals surface area contributed by atoms with Gasteiger partial charge in [-0.05, 0) is 6.07 Å². The first-order valence-corrected chi connectivity index (χ1v) is 5.66. The molecule has 5 heteroatoms. The van der Waals surface area contributed by atoms with E-state index in [9.17, 15) is 4.39 Å². The zero-order valence-electron chi connectivity index (χ0n) is 9.23. The Kier molecular flexibility index (Phi) is 2.60. The van der Waals surface area contributed by atoms with Crippen LogP contribution >= 0.6 is 0 Å². The molecule has 0 saturated carbocycles. The summed E-state index contributed by atoms with van der Waals surface area (Å²) in [5, 5.41) is 7.00. The first kappa shape index (κ1) is 10.4. The molecule has 4 nitrogen and oxygen atoms in total. The molecule has 0 amide bonds. The predicted octanol–water partition coefficient (Wildman–Crippen LogP) is 1.35. The highest BCUT2D eigenvalue weighted by Gasteiger charge is 2.26. The second-order valence-electron chi connectivity index (χ2n) is 4.18. The molecule has 3 rings (SSSR count). The number of nitrogens with one attached hydrogen (secondary N) is 2. The molecule has 2 aromatic rings. The van der Waals surface area contributed by atoms with E-state index < -0.39 is 6.17 Å². The van der Waals surface area contributed by atoms with Gasteiger partial charge < -0.3 is 10.6 Å². The van der Waals surface area contributed by atoms with Crippen LogP contribution in [0.2, 0.25) is 0 Å². The number of halogens is 1. The summed E-state index contributed by atoms with van der Waals surface area (Å²) in [6, 6.07) is 7.50. The van der Waals surface area contributed by atoms with Gasteiger partial charge in [-0.3, -0.25) is 0 Å². The van der Waals surface area contributed by atoms with Gasteiger partial charge in [-0.15, -0.1) is 0 Å². The number of hydrogen-bond donors (Lipinski definition) is 2. The first-order chi connectivity index (χ1) is 8.33. The molecule has 1 saturated heterocycles. The lowest BCUT2D eigenvalue weighted by atomic mass is 10.2. The fourth-order valence-electron chi connectivity index (χ4n) is 2.00. The molecule has 2 N–H and O–H groups in total. The van der Waals surface area contributed by atoms with Gasteiger partial charge in [0.05, 0.1) is 11.6 Å². The molecule has 0 bridgehead atoms. The minimum absolute atomic E-state index is 0.240. The Balaban J connectivity index is 1.85. The molecule has 1 aromatic heterocycles. The maximum atomic E-state index is 13.4. The van der Waals surface area contributed by atoms with E-state index in [1.165, 1.54) is 0 Å². The van der Waals surface area contributed by atoms with Crippen LogP contribution < -0.4 is 10.6 Å². The Morgan fingerprint density at radius 2 is 2.18 bits per heavy atom. The van der Waals surface area contributed by atoms with Crippen LogP contribution in [-0.2, 0) is 0 Å².